The van der Waals surface area contributed by atoms with Crippen molar-refractivity contribution >= 4 is 0 Å². The van der Waals surface area contributed by atoms with Crippen molar-refractivity contribution in [2.45, 2.75) is 33.1 Å². The highest BCUT2D eigenvalue weighted by molar-refractivity contribution is 5.36. The van der Waals surface area contributed by atoms with E-state index >= 15 is 0 Å². The molecular weight excluding hydrogens is 210 g/mol. The molecule has 1 aromatic carbocycles. The molecule has 2 unspecified atom stereocenters. The lowest BCUT2D eigenvalue weighted by Crippen LogP contribution is -2.05. The van der Waals surface area contributed by atoms with Crippen molar-refractivity contribution in [1.82, 2.24) is 0 Å². The maximum Gasteiger partial charge on any atom is 0.119 e. The molecule has 0 amide bonds. The highest BCUT2D eigenvalue weighted by Gasteiger charge is 2.57. The van der Waals surface area contributed by atoms with Crippen LogP contribution in [0.25, 0.3) is 0 Å². The largest absolute Gasteiger partial charge is 0.494 e. The second-order valence-electron chi connectivity index (χ2n) is 5.56. The number of rotatable bonds is 5. The zero-order chi connectivity index (χ0) is 12.5. The third-order valence-corrected chi connectivity index (χ3v) is 4.02. The normalized spacial score (nSPS) is 25.6. The van der Waals surface area contributed by atoms with Gasteiger partial charge in [-0.3, -0.25) is 0 Å². The van der Waals surface area contributed by atoms with E-state index in [1.54, 1.807) is 0 Å². The van der Waals surface area contributed by atoms with Crippen molar-refractivity contribution in [1.29, 1.82) is 0 Å². The van der Waals surface area contributed by atoms with Crippen molar-refractivity contribution in [3.63, 3.8) is 0 Å². The smallest absolute Gasteiger partial charge is 0.119 e. The molecular formula is C15H23NO. The van der Waals surface area contributed by atoms with Gasteiger partial charge in [-0.2, -0.15) is 0 Å². The third kappa shape index (κ3) is 2.32. The molecule has 2 nitrogen and oxygen atoms in total. The summed E-state index contributed by atoms with van der Waals surface area (Å²) in [6.45, 7) is 8.30. The Morgan fingerprint density at radius 3 is 2.35 bits per heavy atom. The Labute approximate surface area is 104 Å². The van der Waals surface area contributed by atoms with Crippen LogP contribution in [0.2, 0.25) is 0 Å². The van der Waals surface area contributed by atoms with Gasteiger partial charge < -0.3 is 10.5 Å². The number of hydrogen-bond donors (Lipinski definition) is 1. The van der Waals surface area contributed by atoms with Gasteiger partial charge in [0, 0.05) is 0 Å². The third-order valence-electron chi connectivity index (χ3n) is 4.02. The Bertz CT molecular complexity index is 369. The van der Waals surface area contributed by atoms with E-state index in [1.807, 2.05) is 0 Å². The predicted octanol–water partition coefficient (Wildman–Crippen LogP) is 3.17. The molecule has 94 valence electrons. The van der Waals surface area contributed by atoms with Crippen LogP contribution < -0.4 is 10.5 Å². The predicted molar refractivity (Wildman–Crippen MR) is 71.3 cm³/mol. The molecule has 2 atom stereocenters. The average Bonchev–Trinajstić information content (AvgIpc) is 2.89. The van der Waals surface area contributed by atoms with Crippen molar-refractivity contribution in [3.8, 4) is 5.75 Å². The molecule has 0 heterocycles. The summed E-state index contributed by atoms with van der Waals surface area (Å²) in [6.07, 6.45) is 1.05. The van der Waals surface area contributed by atoms with Crippen LogP contribution in [-0.2, 0) is 0 Å². The molecule has 0 aromatic heterocycles. The summed E-state index contributed by atoms with van der Waals surface area (Å²) in [5.74, 6) is 2.22. The lowest BCUT2D eigenvalue weighted by atomic mass is 10.0. The van der Waals surface area contributed by atoms with Crippen LogP contribution in [0.5, 0.6) is 5.75 Å². The summed E-state index contributed by atoms with van der Waals surface area (Å²) in [5.41, 5.74) is 7.57. The minimum Gasteiger partial charge on any atom is -0.494 e. The fourth-order valence-corrected chi connectivity index (χ4v) is 2.84. The van der Waals surface area contributed by atoms with E-state index in [2.05, 4.69) is 45.0 Å². The number of hydrogen-bond acceptors (Lipinski definition) is 2. The highest BCUT2D eigenvalue weighted by Crippen LogP contribution is 2.63. The first-order chi connectivity index (χ1) is 8.11. The van der Waals surface area contributed by atoms with Gasteiger partial charge >= 0.3 is 0 Å². The van der Waals surface area contributed by atoms with Gasteiger partial charge in [0.2, 0.25) is 0 Å². The minimum atomic E-state index is 0.362. The zero-order valence-corrected chi connectivity index (χ0v) is 11.1. The van der Waals surface area contributed by atoms with E-state index < -0.39 is 0 Å². The number of nitrogens with two attached hydrogens (primary N) is 1. The molecule has 1 fully saturated rings. The Hall–Kier alpha value is -1.02. The first-order valence-electron chi connectivity index (χ1n) is 6.54. The standard InChI is InChI=1S/C15H23NO/c1-4-9-17-12-7-5-11(6-8-12)14-13(10-16)15(14,2)3/h5-8,13-14H,4,9-10,16H2,1-3H3. The highest BCUT2D eigenvalue weighted by atomic mass is 16.5. The van der Waals surface area contributed by atoms with Gasteiger partial charge in [-0.25, -0.2) is 0 Å². The van der Waals surface area contributed by atoms with E-state index in [1.165, 1.54) is 5.56 Å². The van der Waals surface area contributed by atoms with Gasteiger partial charge in [-0.15, -0.1) is 0 Å². The van der Waals surface area contributed by atoms with Crippen molar-refractivity contribution in [2.75, 3.05) is 13.2 Å². The molecule has 0 bridgehead atoms. The van der Waals surface area contributed by atoms with E-state index in [-0.39, 0.29) is 0 Å². The van der Waals surface area contributed by atoms with Gasteiger partial charge in [0.15, 0.2) is 0 Å². The molecule has 2 N–H and O–H groups in total. The molecule has 17 heavy (non-hydrogen) atoms. The van der Waals surface area contributed by atoms with Crippen molar-refractivity contribution in [2.24, 2.45) is 17.1 Å². The molecule has 2 heteroatoms. The fourth-order valence-electron chi connectivity index (χ4n) is 2.84. The summed E-state index contributed by atoms with van der Waals surface area (Å²) < 4.78 is 5.59. The molecule has 1 aliphatic rings. The molecule has 1 saturated carbocycles. The van der Waals surface area contributed by atoms with Crippen LogP contribution >= 0.6 is 0 Å². The van der Waals surface area contributed by atoms with E-state index in [0.29, 0.717) is 17.3 Å². The molecule has 1 aliphatic carbocycles. The van der Waals surface area contributed by atoms with Crippen LogP contribution in [0.1, 0.15) is 38.7 Å². The molecule has 2 rings (SSSR count). The lowest BCUT2D eigenvalue weighted by Gasteiger charge is -2.07. The monoisotopic (exact) mass is 233 g/mol. The van der Waals surface area contributed by atoms with Crippen LogP contribution in [0.15, 0.2) is 24.3 Å². The fraction of sp³-hybridized carbons (Fsp3) is 0.600. The molecule has 0 radical (unpaired) electrons. The number of benzene rings is 1. The van der Waals surface area contributed by atoms with Gasteiger partial charge in [0.25, 0.3) is 0 Å². The Balaban J connectivity index is 2.04. The summed E-state index contributed by atoms with van der Waals surface area (Å²) >= 11 is 0. The lowest BCUT2D eigenvalue weighted by molar-refractivity contribution is 0.317. The van der Waals surface area contributed by atoms with E-state index in [9.17, 15) is 0 Å². The van der Waals surface area contributed by atoms with E-state index in [4.69, 9.17) is 10.5 Å². The molecule has 1 aromatic rings. The minimum absolute atomic E-state index is 0.362. The zero-order valence-electron chi connectivity index (χ0n) is 11.1. The van der Waals surface area contributed by atoms with Crippen LogP contribution in [-0.4, -0.2) is 13.2 Å². The van der Waals surface area contributed by atoms with Crippen molar-refractivity contribution < 1.29 is 4.74 Å². The Morgan fingerprint density at radius 1 is 1.24 bits per heavy atom. The molecule has 0 aliphatic heterocycles. The molecule has 0 spiro atoms. The van der Waals surface area contributed by atoms with Crippen LogP contribution in [0, 0.1) is 11.3 Å². The summed E-state index contributed by atoms with van der Waals surface area (Å²) in [6, 6.07) is 8.53. The van der Waals surface area contributed by atoms with Crippen molar-refractivity contribution in [3.05, 3.63) is 29.8 Å². The average molecular weight is 233 g/mol. The maximum absolute atomic E-state index is 5.81. The topological polar surface area (TPSA) is 35.2 Å². The van der Waals surface area contributed by atoms with Gasteiger partial charge in [-0.1, -0.05) is 32.9 Å². The summed E-state index contributed by atoms with van der Waals surface area (Å²) in [7, 11) is 0. The quantitative estimate of drug-likeness (QED) is 0.847. The van der Waals surface area contributed by atoms with Gasteiger partial charge in [0.1, 0.15) is 5.75 Å². The summed E-state index contributed by atoms with van der Waals surface area (Å²) in [4.78, 5) is 0. The first kappa shape index (κ1) is 12.4. The Morgan fingerprint density at radius 2 is 1.88 bits per heavy atom. The Kier molecular flexibility index (Phi) is 3.43. The van der Waals surface area contributed by atoms with Gasteiger partial charge in [0.05, 0.1) is 6.61 Å². The van der Waals surface area contributed by atoms with E-state index in [0.717, 1.165) is 25.3 Å². The number of ether oxygens (including phenoxy) is 1. The first-order valence-corrected chi connectivity index (χ1v) is 6.54. The summed E-state index contributed by atoms with van der Waals surface area (Å²) in [5, 5.41) is 0. The molecule has 0 saturated heterocycles. The van der Waals surface area contributed by atoms with Gasteiger partial charge in [-0.05, 0) is 47.9 Å². The SMILES string of the molecule is CCCOc1ccc(C2C(CN)C2(C)C)cc1. The van der Waals surface area contributed by atoms with Crippen LogP contribution in [0.3, 0.4) is 0 Å². The second-order valence-corrected chi connectivity index (χ2v) is 5.56. The maximum atomic E-state index is 5.81. The van der Waals surface area contributed by atoms with Crippen LogP contribution in [0.4, 0.5) is 0 Å². The second kappa shape index (κ2) is 4.69.